The third-order valence-electron chi connectivity index (χ3n) is 4.48. The molecule has 0 unspecified atom stereocenters. The molecule has 27 heavy (non-hydrogen) atoms. The van der Waals surface area contributed by atoms with Crippen molar-refractivity contribution in [1.29, 1.82) is 0 Å². The van der Waals surface area contributed by atoms with Crippen molar-refractivity contribution >= 4 is 17.6 Å². The first kappa shape index (κ1) is 17.1. The number of nitrogens with one attached hydrogen (secondary N) is 1. The van der Waals surface area contributed by atoms with Gasteiger partial charge < -0.3 is 19.7 Å². The summed E-state index contributed by atoms with van der Waals surface area (Å²) in [6, 6.07) is 8.95. The molecule has 1 aromatic heterocycles. The zero-order valence-electron chi connectivity index (χ0n) is 14.8. The maximum atomic E-state index is 12.7. The van der Waals surface area contributed by atoms with Crippen molar-refractivity contribution in [2.75, 3.05) is 37.7 Å². The van der Waals surface area contributed by atoms with Gasteiger partial charge in [0.1, 0.15) is 19.8 Å². The summed E-state index contributed by atoms with van der Waals surface area (Å²) in [5.74, 6) is 1.12. The predicted molar refractivity (Wildman–Crippen MR) is 97.8 cm³/mol. The maximum absolute atomic E-state index is 12.7. The Morgan fingerprint density at radius 3 is 2.81 bits per heavy atom. The van der Waals surface area contributed by atoms with Crippen molar-refractivity contribution in [1.82, 2.24) is 15.2 Å². The normalized spacial score (nSPS) is 15.8. The van der Waals surface area contributed by atoms with Gasteiger partial charge in [-0.3, -0.25) is 14.7 Å². The van der Waals surface area contributed by atoms with Crippen LogP contribution in [0, 0.1) is 0 Å². The average Bonchev–Trinajstić information content (AvgIpc) is 3.07. The number of carbonyl (C=O) groups excluding carboxylic acids is 2. The molecule has 1 saturated heterocycles. The number of fused-ring (bicyclic) bond motifs is 1. The molecule has 3 heterocycles. The number of benzene rings is 1. The van der Waals surface area contributed by atoms with Crippen molar-refractivity contribution in [2.24, 2.45) is 0 Å². The molecule has 140 valence electrons. The Morgan fingerprint density at radius 1 is 1.15 bits per heavy atom. The van der Waals surface area contributed by atoms with Crippen LogP contribution in [0.15, 0.2) is 42.7 Å². The molecule has 0 atom stereocenters. The summed E-state index contributed by atoms with van der Waals surface area (Å²) in [4.78, 5) is 32.0. The Hall–Kier alpha value is -3.29. The van der Waals surface area contributed by atoms with Gasteiger partial charge in [0, 0.05) is 43.8 Å². The van der Waals surface area contributed by atoms with Crippen LogP contribution in [0.4, 0.5) is 10.5 Å². The summed E-state index contributed by atoms with van der Waals surface area (Å²) in [6.07, 6.45) is 3.38. The number of amides is 3. The first-order valence-electron chi connectivity index (χ1n) is 8.82. The van der Waals surface area contributed by atoms with E-state index >= 15 is 0 Å². The topological polar surface area (TPSA) is 84.0 Å². The lowest BCUT2D eigenvalue weighted by Gasteiger charge is -2.22. The van der Waals surface area contributed by atoms with Crippen LogP contribution < -0.4 is 19.7 Å². The summed E-state index contributed by atoms with van der Waals surface area (Å²) in [6.45, 7) is 2.45. The molecule has 1 N–H and O–H groups in total. The lowest BCUT2D eigenvalue weighted by molar-refractivity contribution is -0.121. The zero-order valence-corrected chi connectivity index (χ0v) is 14.8. The molecule has 0 spiro atoms. The summed E-state index contributed by atoms with van der Waals surface area (Å²) in [5.41, 5.74) is 1.65. The van der Waals surface area contributed by atoms with Gasteiger partial charge in [-0.25, -0.2) is 4.79 Å². The van der Waals surface area contributed by atoms with E-state index in [1.54, 1.807) is 29.4 Å². The van der Waals surface area contributed by atoms with E-state index in [2.05, 4.69) is 10.3 Å². The largest absolute Gasteiger partial charge is 0.486 e. The number of urea groups is 1. The van der Waals surface area contributed by atoms with Crippen LogP contribution in [0.5, 0.6) is 11.5 Å². The second-order valence-corrected chi connectivity index (χ2v) is 6.32. The number of aromatic nitrogens is 1. The van der Waals surface area contributed by atoms with Crippen LogP contribution in [-0.4, -0.2) is 54.7 Å². The second kappa shape index (κ2) is 7.53. The number of pyridine rings is 1. The minimum absolute atomic E-state index is 0.0279. The Balaban J connectivity index is 1.35. The van der Waals surface area contributed by atoms with Crippen molar-refractivity contribution in [3.05, 3.63) is 48.3 Å². The third-order valence-corrected chi connectivity index (χ3v) is 4.48. The molecule has 0 radical (unpaired) electrons. The van der Waals surface area contributed by atoms with Gasteiger partial charge in [0.2, 0.25) is 5.91 Å². The monoisotopic (exact) mass is 368 g/mol. The number of hydrogen-bond acceptors (Lipinski definition) is 5. The molecule has 0 aliphatic carbocycles. The van der Waals surface area contributed by atoms with E-state index in [0.29, 0.717) is 44.3 Å². The van der Waals surface area contributed by atoms with Crippen molar-refractivity contribution in [3.63, 3.8) is 0 Å². The first-order valence-corrected chi connectivity index (χ1v) is 8.82. The quantitative estimate of drug-likeness (QED) is 0.863. The molecular weight excluding hydrogens is 348 g/mol. The first-order chi connectivity index (χ1) is 13.2. The van der Waals surface area contributed by atoms with E-state index in [-0.39, 0.29) is 18.5 Å². The average molecular weight is 368 g/mol. The van der Waals surface area contributed by atoms with Crippen molar-refractivity contribution < 1.29 is 19.1 Å². The summed E-state index contributed by atoms with van der Waals surface area (Å²) < 4.78 is 11.1. The van der Waals surface area contributed by atoms with E-state index in [1.165, 1.54) is 4.90 Å². The minimum atomic E-state index is -0.198. The van der Waals surface area contributed by atoms with Crippen LogP contribution in [-0.2, 0) is 11.3 Å². The molecular formula is C19H20N4O4. The lowest BCUT2D eigenvalue weighted by atomic mass is 10.2. The SMILES string of the molecule is O=C(CN1CCN(c2ccc3c(c2)OCCO3)C1=O)NCc1cccnc1. The molecule has 0 bridgehead atoms. The molecule has 1 aromatic carbocycles. The Labute approximate surface area is 156 Å². The highest BCUT2D eigenvalue weighted by Crippen LogP contribution is 2.34. The van der Waals surface area contributed by atoms with E-state index in [1.807, 2.05) is 18.2 Å². The fraction of sp³-hybridized carbons (Fsp3) is 0.316. The molecule has 2 aromatic rings. The third kappa shape index (κ3) is 3.79. The Morgan fingerprint density at radius 2 is 2.00 bits per heavy atom. The van der Waals surface area contributed by atoms with E-state index in [4.69, 9.17) is 9.47 Å². The zero-order chi connectivity index (χ0) is 18.6. The molecule has 8 heteroatoms. The van der Waals surface area contributed by atoms with Crippen LogP contribution in [0.3, 0.4) is 0 Å². The van der Waals surface area contributed by atoms with Gasteiger partial charge >= 0.3 is 6.03 Å². The van der Waals surface area contributed by atoms with Gasteiger partial charge in [-0.2, -0.15) is 0 Å². The summed E-state index contributed by atoms with van der Waals surface area (Å²) >= 11 is 0. The van der Waals surface area contributed by atoms with Gasteiger partial charge in [-0.05, 0) is 23.8 Å². The number of rotatable bonds is 5. The molecule has 0 saturated carbocycles. The molecule has 1 fully saturated rings. The standard InChI is InChI=1S/C19H20N4O4/c24-18(21-12-14-2-1-5-20-11-14)13-22-6-7-23(19(22)25)15-3-4-16-17(10-15)27-9-8-26-16/h1-5,10-11H,6-9,12-13H2,(H,21,24). The van der Waals surface area contributed by atoms with Gasteiger partial charge in [0.15, 0.2) is 11.5 Å². The number of carbonyl (C=O) groups is 2. The highest BCUT2D eigenvalue weighted by atomic mass is 16.6. The van der Waals surface area contributed by atoms with Crippen LogP contribution in [0.2, 0.25) is 0 Å². The maximum Gasteiger partial charge on any atom is 0.325 e. The molecule has 3 amide bonds. The van der Waals surface area contributed by atoms with Crippen LogP contribution in [0.1, 0.15) is 5.56 Å². The molecule has 2 aliphatic heterocycles. The van der Waals surface area contributed by atoms with E-state index < -0.39 is 0 Å². The number of hydrogen-bond donors (Lipinski definition) is 1. The van der Waals surface area contributed by atoms with Gasteiger partial charge in [0.25, 0.3) is 0 Å². The fourth-order valence-electron chi connectivity index (χ4n) is 3.10. The van der Waals surface area contributed by atoms with Crippen molar-refractivity contribution in [3.8, 4) is 11.5 Å². The van der Waals surface area contributed by atoms with E-state index in [9.17, 15) is 9.59 Å². The molecule has 2 aliphatic rings. The highest BCUT2D eigenvalue weighted by Gasteiger charge is 2.31. The van der Waals surface area contributed by atoms with Gasteiger partial charge in [-0.15, -0.1) is 0 Å². The second-order valence-electron chi connectivity index (χ2n) is 6.32. The lowest BCUT2D eigenvalue weighted by Crippen LogP contribution is -2.39. The van der Waals surface area contributed by atoms with Crippen LogP contribution in [0.25, 0.3) is 0 Å². The number of ether oxygens (including phenoxy) is 2. The van der Waals surface area contributed by atoms with Crippen molar-refractivity contribution in [2.45, 2.75) is 6.54 Å². The molecule has 8 nitrogen and oxygen atoms in total. The minimum Gasteiger partial charge on any atom is -0.486 e. The Kier molecular flexibility index (Phi) is 4.78. The molecule has 4 rings (SSSR count). The predicted octanol–water partition coefficient (Wildman–Crippen LogP) is 1.41. The summed E-state index contributed by atoms with van der Waals surface area (Å²) in [7, 11) is 0. The smallest absolute Gasteiger partial charge is 0.325 e. The number of nitrogens with zero attached hydrogens (tertiary/aromatic N) is 3. The van der Waals surface area contributed by atoms with Gasteiger partial charge in [0.05, 0.1) is 0 Å². The number of anilines is 1. The fourth-order valence-corrected chi connectivity index (χ4v) is 3.10. The Bertz CT molecular complexity index is 843. The van der Waals surface area contributed by atoms with Gasteiger partial charge in [-0.1, -0.05) is 6.07 Å². The van der Waals surface area contributed by atoms with Crippen LogP contribution >= 0.6 is 0 Å². The highest BCUT2D eigenvalue weighted by molar-refractivity contribution is 5.96. The summed E-state index contributed by atoms with van der Waals surface area (Å²) in [5, 5.41) is 2.81. The van der Waals surface area contributed by atoms with E-state index in [0.717, 1.165) is 11.3 Å².